The first-order chi connectivity index (χ1) is 12.4. The molecule has 1 fully saturated rings. The second kappa shape index (κ2) is 7.27. The van der Waals surface area contributed by atoms with Crippen molar-refractivity contribution in [2.24, 2.45) is 5.73 Å². The Labute approximate surface area is 151 Å². The highest BCUT2D eigenvalue weighted by molar-refractivity contribution is 7.89. The molecular weight excluding hydrogens is 354 g/mol. The molecule has 3 N–H and O–H groups in total. The number of anilines is 1. The first-order valence-electron chi connectivity index (χ1n) is 8.16. The lowest BCUT2D eigenvalue weighted by Crippen LogP contribution is -2.25. The van der Waals surface area contributed by atoms with E-state index in [1.165, 1.54) is 12.1 Å². The number of carbonyl (C=O) groups is 2. The van der Waals surface area contributed by atoms with Crippen LogP contribution in [0.15, 0.2) is 53.4 Å². The summed E-state index contributed by atoms with van der Waals surface area (Å²) < 4.78 is 27.3. The largest absolute Gasteiger partial charge is 0.366 e. The van der Waals surface area contributed by atoms with Crippen LogP contribution in [-0.2, 0) is 21.4 Å². The maximum absolute atomic E-state index is 12.4. The van der Waals surface area contributed by atoms with Crippen LogP contribution in [0, 0.1) is 0 Å². The number of benzene rings is 2. The standard InChI is InChI=1S/C18H19N3O4S/c19-18(23)14-5-3-13(4-6-14)12-20-26(24,25)16-9-7-15(8-10-16)21-11-1-2-17(21)22/h3-10,20H,1-2,11-12H2,(H2,19,23). The Kier molecular flexibility index (Phi) is 5.06. The van der Waals surface area contributed by atoms with Crippen molar-refractivity contribution in [3.05, 3.63) is 59.7 Å². The second-order valence-corrected chi connectivity index (χ2v) is 7.80. The van der Waals surface area contributed by atoms with E-state index < -0.39 is 15.9 Å². The van der Waals surface area contributed by atoms with Crippen molar-refractivity contribution in [3.63, 3.8) is 0 Å². The fourth-order valence-corrected chi connectivity index (χ4v) is 3.79. The van der Waals surface area contributed by atoms with Gasteiger partial charge in [-0.15, -0.1) is 0 Å². The minimum Gasteiger partial charge on any atom is -0.366 e. The van der Waals surface area contributed by atoms with Gasteiger partial charge in [0.2, 0.25) is 21.8 Å². The Morgan fingerprint density at radius 3 is 2.27 bits per heavy atom. The zero-order valence-corrected chi connectivity index (χ0v) is 14.8. The first-order valence-corrected chi connectivity index (χ1v) is 9.64. The molecular formula is C18H19N3O4S. The number of amides is 2. The summed E-state index contributed by atoms with van der Waals surface area (Å²) >= 11 is 0. The summed E-state index contributed by atoms with van der Waals surface area (Å²) in [6.07, 6.45) is 1.34. The smallest absolute Gasteiger partial charge is 0.248 e. The molecule has 0 aliphatic carbocycles. The van der Waals surface area contributed by atoms with E-state index in [1.807, 2.05) is 0 Å². The van der Waals surface area contributed by atoms with Gasteiger partial charge in [-0.3, -0.25) is 9.59 Å². The third-order valence-corrected chi connectivity index (χ3v) is 5.65. The van der Waals surface area contributed by atoms with Gasteiger partial charge in [0.15, 0.2) is 0 Å². The van der Waals surface area contributed by atoms with E-state index in [9.17, 15) is 18.0 Å². The number of nitrogens with zero attached hydrogens (tertiary/aromatic N) is 1. The summed E-state index contributed by atoms with van der Waals surface area (Å²) in [6.45, 7) is 0.748. The molecule has 8 heteroatoms. The van der Waals surface area contributed by atoms with Crippen LogP contribution in [0.25, 0.3) is 0 Å². The Hall–Kier alpha value is -2.71. The molecule has 0 unspecified atom stereocenters. The van der Waals surface area contributed by atoms with Crippen LogP contribution >= 0.6 is 0 Å². The second-order valence-electron chi connectivity index (χ2n) is 6.03. The highest BCUT2D eigenvalue weighted by Gasteiger charge is 2.22. The molecule has 136 valence electrons. The number of rotatable bonds is 6. The number of hydrogen-bond donors (Lipinski definition) is 2. The zero-order chi connectivity index (χ0) is 18.7. The van der Waals surface area contributed by atoms with Crippen LogP contribution in [0.5, 0.6) is 0 Å². The van der Waals surface area contributed by atoms with Gasteiger partial charge in [0.25, 0.3) is 0 Å². The minimum atomic E-state index is -3.68. The van der Waals surface area contributed by atoms with Crippen LogP contribution < -0.4 is 15.4 Å². The van der Waals surface area contributed by atoms with Crippen molar-refractivity contribution < 1.29 is 18.0 Å². The lowest BCUT2D eigenvalue weighted by Gasteiger charge is -2.16. The van der Waals surface area contributed by atoms with Crippen LogP contribution in [0.1, 0.15) is 28.8 Å². The van der Waals surface area contributed by atoms with Crippen molar-refractivity contribution in [2.75, 3.05) is 11.4 Å². The Morgan fingerprint density at radius 2 is 1.73 bits per heavy atom. The Bertz CT molecular complexity index is 922. The third-order valence-electron chi connectivity index (χ3n) is 4.24. The van der Waals surface area contributed by atoms with Gasteiger partial charge in [0, 0.05) is 30.8 Å². The number of carbonyl (C=O) groups excluding carboxylic acids is 2. The van der Waals surface area contributed by atoms with Crippen molar-refractivity contribution in [2.45, 2.75) is 24.3 Å². The summed E-state index contributed by atoms with van der Waals surface area (Å²) in [5, 5.41) is 0. The first kappa shape index (κ1) is 18.1. The summed E-state index contributed by atoms with van der Waals surface area (Å²) in [5.74, 6) is -0.480. The van der Waals surface area contributed by atoms with Crippen molar-refractivity contribution in [1.29, 1.82) is 0 Å². The molecule has 1 aliphatic rings. The molecule has 0 saturated carbocycles. The van der Waals surface area contributed by atoms with Gasteiger partial charge in [-0.25, -0.2) is 13.1 Å². The molecule has 2 amide bonds. The summed E-state index contributed by atoms with van der Waals surface area (Å²) in [6, 6.07) is 12.6. The lowest BCUT2D eigenvalue weighted by atomic mass is 10.1. The number of sulfonamides is 1. The molecule has 0 aromatic heterocycles. The van der Waals surface area contributed by atoms with E-state index in [2.05, 4.69) is 4.72 Å². The van der Waals surface area contributed by atoms with Crippen molar-refractivity contribution in [3.8, 4) is 0 Å². The lowest BCUT2D eigenvalue weighted by molar-refractivity contribution is -0.117. The number of nitrogens with one attached hydrogen (secondary N) is 1. The van der Waals surface area contributed by atoms with Gasteiger partial charge in [-0.1, -0.05) is 12.1 Å². The molecule has 1 saturated heterocycles. The van der Waals surface area contributed by atoms with Crippen molar-refractivity contribution >= 4 is 27.5 Å². The fourth-order valence-electron chi connectivity index (χ4n) is 2.77. The summed E-state index contributed by atoms with van der Waals surface area (Å²) in [7, 11) is -3.68. The highest BCUT2D eigenvalue weighted by Crippen LogP contribution is 2.23. The number of hydrogen-bond acceptors (Lipinski definition) is 4. The van der Waals surface area contributed by atoms with Gasteiger partial charge < -0.3 is 10.6 Å². The molecule has 1 heterocycles. The Balaban J connectivity index is 1.67. The van der Waals surface area contributed by atoms with Gasteiger partial charge in [-0.2, -0.15) is 0 Å². The molecule has 3 rings (SSSR count). The Morgan fingerprint density at radius 1 is 1.08 bits per heavy atom. The van der Waals surface area contributed by atoms with E-state index in [1.54, 1.807) is 41.3 Å². The van der Waals surface area contributed by atoms with Gasteiger partial charge in [-0.05, 0) is 48.4 Å². The predicted molar refractivity (Wildman–Crippen MR) is 97.0 cm³/mol. The average molecular weight is 373 g/mol. The SMILES string of the molecule is NC(=O)c1ccc(CNS(=O)(=O)c2ccc(N3CCCC3=O)cc2)cc1. The minimum absolute atomic E-state index is 0.0538. The molecule has 0 bridgehead atoms. The van der Waals surface area contributed by atoms with Gasteiger partial charge in [0.05, 0.1) is 4.90 Å². The average Bonchev–Trinajstić information content (AvgIpc) is 3.06. The van der Waals surface area contributed by atoms with Crippen LogP contribution in [-0.4, -0.2) is 26.8 Å². The van der Waals surface area contributed by atoms with Crippen molar-refractivity contribution in [1.82, 2.24) is 4.72 Å². The molecule has 26 heavy (non-hydrogen) atoms. The number of primary amides is 1. The fraction of sp³-hybridized carbons (Fsp3) is 0.222. The topological polar surface area (TPSA) is 110 Å². The molecule has 2 aromatic carbocycles. The van der Waals surface area contributed by atoms with E-state index in [-0.39, 0.29) is 17.3 Å². The summed E-state index contributed by atoms with van der Waals surface area (Å²) in [5.41, 5.74) is 6.95. The van der Waals surface area contributed by atoms with Gasteiger partial charge >= 0.3 is 0 Å². The molecule has 0 radical (unpaired) electrons. The molecule has 1 aliphatic heterocycles. The van der Waals surface area contributed by atoms with E-state index in [4.69, 9.17) is 5.73 Å². The zero-order valence-electron chi connectivity index (χ0n) is 14.0. The highest BCUT2D eigenvalue weighted by atomic mass is 32.2. The third kappa shape index (κ3) is 3.92. The monoisotopic (exact) mass is 373 g/mol. The predicted octanol–water partition coefficient (Wildman–Crippen LogP) is 1.39. The van der Waals surface area contributed by atoms with Crippen LogP contribution in [0.2, 0.25) is 0 Å². The maximum atomic E-state index is 12.4. The van der Waals surface area contributed by atoms with Crippen LogP contribution in [0.4, 0.5) is 5.69 Å². The summed E-state index contributed by atoms with van der Waals surface area (Å²) in [4.78, 5) is 24.6. The van der Waals surface area contributed by atoms with E-state index >= 15 is 0 Å². The number of nitrogens with two attached hydrogens (primary N) is 1. The molecule has 0 spiro atoms. The molecule has 2 aromatic rings. The molecule has 0 atom stereocenters. The van der Waals surface area contributed by atoms with Gasteiger partial charge in [0.1, 0.15) is 0 Å². The maximum Gasteiger partial charge on any atom is 0.248 e. The normalized spacial score (nSPS) is 14.6. The van der Waals surface area contributed by atoms with E-state index in [0.29, 0.717) is 29.8 Å². The molecule has 7 nitrogen and oxygen atoms in total. The van der Waals surface area contributed by atoms with E-state index in [0.717, 1.165) is 6.42 Å². The quantitative estimate of drug-likeness (QED) is 0.797. The van der Waals surface area contributed by atoms with Crippen LogP contribution in [0.3, 0.4) is 0 Å².